The fourth-order valence-corrected chi connectivity index (χ4v) is 2.24. The Hall–Kier alpha value is -0.570. The van der Waals surface area contributed by atoms with E-state index in [2.05, 4.69) is 12.2 Å². The third-order valence-electron chi connectivity index (χ3n) is 3.52. The Kier molecular flexibility index (Phi) is 4.36. The molecule has 0 saturated heterocycles. The van der Waals surface area contributed by atoms with Gasteiger partial charge in [-0.3, -0.25) is 4.79 Å². The van der Waals surface area contributed by atoms with Gasteiger partial charge in [0.25, 0.3) is 0 Å². The van der Waals surface area contributed by atoms with Crippen LogP contribution in [0.4, 0.5) is 0 Å². The van der Waals surface area contributed by atoms with Gasteiger partial charge < -0.3 is 11.1 Å². The zero-order valence-electron chi connectivity index (χ0n) is 10.9. The Morgan fingerprint density at radius 1 is 1.38 bits per heavy atom. The lowest BCUT2D eigenvalue weighted by Crippen LogP contribution is -2.37. The maximum absolute atomic E-state index is 11.6. The summed E-state index contributed by atoms with van der Waals surface area (Å²) in [5.41, 5.74) is 5.95. The van der Waals surface area contributed by atoms with Gasteiger partial charge in [-0.15, -0.1) is 0 Å². The molecule has 0 bridgehead atoms. The van der Waals surface area contributed by atoms with Gasteiger partial charge in [0, 0.05) is 18.5 Å². The number of amides is 1. The zero-order chi connectivity index (χ0) is 12.2. The van der Waals surface area contributed by atoms with E-state index in [0.29, 0.717) is 11.8 Å². The quantitative estimate of drug-likeness (QED) is 0.755. The number of hydrogen-bond donors (Lipinski definition) is 2. The van der Waals surface area contributed by atoms with Crippen molar-refractivity contribution in [3.63, 3.8) is 0 Å². The van der Waals surface area contributed by atoms with Gasteiger partial charge in [0.1, 0.15) is 0 Å². The van der Waals surface area contributed by atoms with Gasteiger partial charge in [-0.25, -0.2) is 0 Å². The van der Waals surface area contributed by atoms with Crippen molar-refractivity contribution >= 4 is 5.91 Å². The predicted octanol–water partition coefficient (Wildman–Crippen LogP) is 2.20. The lowest BCUT2D eigenvalue weighted by Gasteiger charge is -2.24. The van der Waals surface area contributed by atoms with Crippen LogP contribution in [0, 0.1) is 5.41 Å². The molecule has 0 aromatic heterocycles. The topological polar surface area (TPSA) is 55.1 Å². The summed E-state index contributed by atoms with van der Waals surface area (Å²) in [6, 6.07) is 0. The lowest BCUT2D eigenvalue weighted by atomic mass is 9.89. The second kappa shape index (κ2) is 5.17. The van der Waals surface area contributed by atoms with Crippen molar-refractivity contribution in [3.8, 4) is 0 Å². The number of hydrogen-bond acceptors (Lipinski definition) is 2. The number of carbonyl (C=O) groups is 1. The van der Waals surface area contributed by atoms with Gasteiger partial charge >= 0.3 is 0 Å². The number of nitrogens with two attached hydrogens (primary N) is 1. The molecule has 0 aromatic rings. The van der Waals surface area contributed by atoms with Gasteiger partial charge in [0.2, 0.25) is 5.91 Å². The van der Waals surface area contributed by atoms with E-state index in [0.717, 1.165) is 13.0 Å². The minimum atomic E-state index is -0.241. The van der Waals surface area contributed by atoms with Crippen LogP contribution in [0.3, 0.4) is 0 Å². The summed E-state index contributed by atoms with van der Waals surface area (Å²) in [7, 11) is 0. The Balaban J connectivity index is 2.20. The van der Waals surface area contributed by atoms with Crippen molar-refractivity contribution in [1.29, 1.82) is 0 Å². The van der Waals surface area contributed by atoms with E-state index in [1.54, 1.807) is 0 Å². The van der Waals surface area contributed by atoms with Crippen molar-refractivity contribution in [2.45, 2.75) is 64.8 Å². The van der Waals surface area contributed by atoms with E-state index in [1.807, 2.05) is 13.8 Å². The molecule has 1 aliphatic carbocycles. The summed E-state index contributed by atoms with van der Waals surface area (Å²) in [6.45, 7) is 7.01. The van der Waals surface area contributed by atoms with Crippen LogP contribution >= 0.6 is 0 Å². The van der Waals surface area contributed by atoms with Crippen molar-refractivity contribution < 1.29 is 4.79 Å². The summed E-state index contributed by atoms with van der Waals surface area (Å²) in [4.78, 5) is 11.6. The summed E-state index contributed by atoms with van der Waals surface area (Å²) in [5.74, 6) is 0.145. The fourth-order valence-electron chi connectivity index (χ4n) is 2.24. The van der Waals surface area contributed by atoms with E-state index in [-0.39, 0.29) is 11.4 Å². The van der Waals surface area contributed by atoms with Gasteiger partial charge in [-0.05, 0) is 38.5 Å². The molecule has 3 N–H and O–H groups in total. The van der Waals surface area contributed by atoms with Gasteiger partial charge in [-0.2, -0.15) is 0 Å². The van der Waals surface area contributed by atoms with Crippen LogP contribution in [0.5, 0.6) is 0 Å². The first kappa shape index (κ1) is 13.5. The molecule has 1 fully saturated rings. The van der Waals surface area contributed by atoms with Crippen LogP contribution in [0.15, 0.2) is 0 Å². The molecule has 0 aromatic carbocycles. The highest BCUT2D eigenvalue weighted by Crippen LogP contribution is 2.36. The first-order valence-electron chi connectivity index (χ1n) is 6.36. The molecule has 1 amide bonds. The van der Waals surface area contributed by atoms with Crippen LogP contribution in [0.2, 0.25) is 0 Å². The van der Waals surface area contributed by atoms with Crippen molar-refractivity contribution in [2.24, 2.45) is 11.1 Å². The molecule has 0 heterocycles. The average Bonchev–Trinajstić information content (AvgIpc) is 2.59. The second-order valence-electron chi connectivity index (χ2n) is 6.28. The molecule has 0 atom stereocenters. The van der Waals surface area contributed by atoms with Crippen LogP contribution in [-0.2, 0) is 4.79 Å². The van der Waals surface area contributed by atoms with Crippen molar-refractivity contribution in [2.75, 3.05) is 6.54 Å². The monoisotopic (exact) mass is 226 g/mol. The van der Waals surface area contributed by atoms with E-state index in [9.17, 15) is 4.79 Å². The highest BCUT2D eigenvalue weighted by atomic mass is 16.1. The molecule has 16 heavy (non-hydrogen) atoms. The number of rotatable bonds is 5. The Labute approximate surface area is 99.2 Å². The maximum Gasteiger partial charge on any atom is 0.220 e. The average molecular weight is 226 g/mol. The molecule has 0 aliphatic heterocycles. The fraction of sp³-hybridized carbons (Fsp3) is 0.923. The van der Waals surface area contributed by atoms with Crippen LogP contribution < -0.4 is 11.1 Å². The Morgan fingerprint density at radius 2 is 1.94 bits per heavy atom. The first-order valence-corrected chi connectivity index (χ1v) is 6.36. The number of carbonyl (C=O) groups excluding carboxylic acids is 1. The molecular formula is C13H26N2O. The zero-order valence-corrected chi connectivity index (χ0v) is 10.9. The minimum Gasteiger partial charge on any atom is -0.356 e. The lowest BCUT2D eigenvalue weighted by molar-refractivity contribution is -0.121. The molecular weight excluding hydrogens is 200 g/mol. The molecule has 1 aliphatic rings. The minimum absolute atomic E-state index is 0.145. The third-order valence-corrected chi connectivity index (χ3v) is 3.52. The van der Waals surface area contributed by atoms with E-state index < -0.39 is 0 Å². The maximum atomic E-state index is 11.6. The summed E-state index contributed by atoms with van der Waals surface area (Å²) >= 11 is 0. The SMILES string of the molecule is CC(C)(N)CCC(=O)NCC1(C)CCCC1. The summed E-state index contributed by atoms with van der Waals surface area (Å²) in [5, 5.41) is 3.04. The van der Waals surface area contributed by atoms with Crippen LogP contribution in [0.25, 0.3) is 0 Å². The highest BCUT2D eigenvalue weighted by molar-refractivity contribution is 5.75. The number of nitrogens with one attached hydrogen (secondary N) is 1. The molecule has 3 heteroatoms. The molecule has 3 nitrogen and oxygen atoms in total. The van der Waals surface area contributed by atoms with Gasteiger partial charge in [0.05, 0.1) is 0 Å². The Bertz CT molecular complexity index is 237. The van der Waals surface area contributed by atoms with Gasteiger partial charge in [-0.1, -0.05) is 19.8 Å². The van der Waals surface area contributed by atoms with Crippen LogP contribution in [-0.4, -0.2) is 18.0 Å². The first-order chi connectivity index (χ1) is 7.31. The van der Waals surface area contributed by atoms with Gasteiger partial charge in [0.15, 0.2) is 0 Å². The second-order valence-corrected chi connectivity index (χ2v) is 6.28. The van der Waals surface area contributed by atoms with Crippen LogP contribution in [0.1, 0.15) is 59.3 Å². The Morgan fingerprint density at radius 3 is 2.44 bits per heavy atom. The molecule has 0 spiro atoms. The molecule has 1 saturated carbocycles. The van der Waals surface area contributed by atoms with Crippen molar-refractivity contribution in [3.05, 3.63) is 0 Å². The third kappa shape index (κ3) is 4.97. The van der Waals surface area contributed by atoms with E-state index in [1.165, 1.54) is 25.7 Å². The molecule has 0 radical (unpaired) electrons. The van der Waals surface area contributed by atoms with E-state index >= 15 is 0 Å². The van der Waals surface area contributed by atoms with Crippen molar-refractivity contribution in [1.82, 2.24) is 5.32 Å². The standard InChI is InChI=1S/C13H26N2O/c1-12(2,14)9-6-11(16)15-10-13(3)7-4-5-8-13/h4-10,14H2,1-3H3,(H,15,16). The molecule has 1 rings (SSSR count). The van der Waals surface area contributed by atoms with E-state index in [4.69, 9.17) is 5.73 Å². The molecule has 0 unspecified atom stereocenters. The molecule has 94 valence electrons. The summed E-state index contributed by atoms with van der Waals surface area (Å²) in [6.07, 6.45) is 6.39. The highest BCUT2D eigenvalue weighted by Gasteiger charge is 2.28. The largest absolute Gasteiger partial charge is 0.356 e. The summed E-state index contributed by atoms with van der Waals surface area (Å²) < 4.78 is 0. The normalized spacial score (nSPS) is 19.8. The smallest absolute Gasteiger partial charge is 0.220 e. The predicted molar refractivity (Wildman–Crippen MR) is 67.1 cm³/mol.